The molecule has 0 aromatic carbocycles. The lowest BCUT2D eigenvalue weighted by molar-refractivity contribution is -0.0464. The molecule has 4 heteroatoms. The summed E-state index contributed by atoms with van der Waals surface area (Å²) in [5.74, 6) is 0.896. The van der Waals surface area contributed by atoms with E-state index in [1.165, 1.54) is 0 Å². The molecule has 1 aromatic rings. The second-order valence-corrected chi connectivity index (χ2v) is 2.05. The van der Waals surface area contributed by atoms with Crippen molar-refractivity contribution in [1.82, 2.24) is 4.98 Å². The van der Waals surface area contributed by atoms with Gasteiger partial charge < -0.3 is 14.6 Å². The number of oxazole rings is 1. The van der Waals surface area contributed by atoms with Gasteiger partial charge >= 0.3 is 0 Å². The summed E-state index contributed by atoms with van der Waals surface area (Å²) in [5, 5.41) is 17.3. The topological polar surface area (TPSA) is 66.5 Å². The first-order chi connectivity index (χ1) is 4.61. The van der Waals surface area contributed by atoms with E-state index in [0.29, 0.717) is 11.7 Å². The van der Waals surface area contributed by atoms with Gasteiger partial charge in [-0.1, -0.05) is 0 Å². The highest BCUT2D eigenvalue weighted by molar-refractivity contribution is 5.08. The molecule has 0 amide bonds. The van der Waals surface area contributed by atoms with Crippen LogP contribution in [0.2, 0.25) is 0 Å². The highest BCUT2D eigenvalue weighted by atomic mass is 16.5. The van der Waals surface area contributed by atoms with Crippen molar-refractivity contribution < 1.29 is 14.6 Å². The normalized spacial score (nSPS) is 10.9. The Balaban J connectivity index is 3.03. The summed E-state index contributed by atoms with van der Waals surface area (Å²) >= 11 is 0. The van der Waals surface area contributed by atoms with Gasteiger partial charge in [0.15, 0.2) is 12.2 Å². The van der Waals surface area contributed by atoms with Crippen molar-refractivity contribution in [2.75, 3.05) is 0 Å². The Hall–Kier alpha value is -0.870. The molecule has 4 nitrogen and oxygen atoms in total. The molecule has 0 aliphatic rings. The Morgan fingerprint density at radius 1 is 1.40 bits per heavy atom. The minimum atomic E-state index is -1.53. The fourth-order valence-corrected chi connectivity index (χ4v) is 0.785. The van der Waals surface area contributed by atoms with Crippen LogP contribution < -0.4 is 0 Å². The Bertz CT molecular complexity index is 229. The van der Waals surface area contributed by atoms with Crippen LogP contribution in [0.15, 0.2) is 4.42 Å². The third kappa shape index (κ3) is 1.17. The minimum Gasteiger partial charge on any atom is -0.446 e. The van der Waals surface area contributed by atoms with Gasteiger partial charge in [-0.15, -0.1) is 0 Å². The molecule has 2 N–H and O–H groups in total. The van der Waals surface area contributed by atoms with Crippen molar-refractivity contribution in [1.29, 1.82) is 0 Å². The average molecular weight is 143 g/mol. The number of aliphatic hydroxyl groups is 2. The first-order valence-electron chi connectivity index (χ1n) is 2.91. The van der Waals surface area contributed by atoms with Gasteiger partial charge in [0.05, 0.1) is 0 Å². The summed E-state index contributed by atoms with van der Waals surface area (Å²) in [6.07, 6.45) is -1.53. The van der Waals surface area contributed by atoms with Crippen molar-refractivity contribution in [2.24, 2.45) is 0 Å². The van der Waals surface area contributed by atoms with Gasteiger partial charge in [-0.3, -0.25) is 0 Å². The van der Waals surface area contributed by atoms with Gasteiger partial charge in [-0.25, -0.2) is 4.98 Å². The Morgan fingerprint density at radius 2 is 2.00 bits per heavy atom. The van der Waals surface area contributed by atoms with Crippen LogP contribution in [0.1, 0.15) is 23.6 Å². The predicted octanol–water partition coefficient (Wildman–Crippen LogP) is 0.275. The molecule has 0 aliphatic heterocycles. The molecule has 10 heavy (non-hydrogen) atoms. The van der Waals surface area contributed by atoms with Crippen LogP contribution in [0.25, 0.3) is 0 Å². The van der Waals surface area contributed by atoms with Crippen LogP contribution in [0.4, 0.5) is 0 Å². The number of hydrogen-bond acceptors (Lipinski definition) is 4. The summed E-state index contributed by atoms with van der Waals surface area (Å²) < 4.78 is 4.94. The van der Waals surface area contributed by atoms with Gasteiger partial charge in [0, 0.05) is 6.92 Å². The quantitative estimate of drug-likeness (QED) is 0.554. The van der Waals surface area contributed by atoms with E-state index in [4.69, 9.17) is 14.6 Å². The zero-order chi connectivity index (χ0) is 7.72. The van der Waals surface area contributed by atoms with Gasteiger partial charge in [0.25, 0.3) is 0 Å². The van der Waals surface area contributed by atoms with Crippen LogP contribution in [0, 0.1) is 13.8 Å². The molecule has 0 radical (unpaired) electrons. The molecule has 56 valence electrons. The van der Waals surface area contributed by atoms with Crippen molar-refractivity contribution in [3.63, 3.8) is 0 Å². The molecule has 1 rings (SSSR count). The molecule has 0 saturated carbocycles. The molecule has 0 aliphatic carbocycles. The number of aromatic nitrogens is 1. The van der Waals surface area contributed by atoms with Crippen LogP contribution in [-0.4, -0.2) is 15.2 Å². The van der Waals surface area contributed by atoms with E-state index in [9.17, 15) is 0 Å². The van der Waals surface area contributed by atoms with Crippen LogP contribution in [0.5, 0.6) is 0 Å². The zero-order valence-corrected chi connectivity index (χ0v) is 5.83. The number of aliphatic hydroxyl groups excluding tert-OH is 1. The van der Waals surface area contributed by atoms with E-state index in [2.05, 4.69) is 4.98 Å². The van der Waals surface area contributed by atoms with Gasteiger partial charge in [-0.2, -0.15) is 0 Å². The lowest BCUT2D eigenvalue weighted by Crippen LogP contribution is -1.96. The third-order valence-electron chi connectivity index (χ3n) is 1.18. The molecular formula is C6H9NO3. The minimum absolute atomic E-state index is 0.192. The standard InChI is InChI=1S/C6H9NO3/c1-3-5(6(8)9)7-4(2)10-3/h6,8-9H,1-2H3. The maximum absolute atomic E-state index is 8.65. The summed E-state index contributed by atoms with van der Waals surface area (Å²) in [5.41, 5.74) is 0.192. The van der Waals surface area contributed by atoms with Gasteiger partial charge in [-0.05, 0) is 6.92 Å². The third-order valence-corrected chi connectivity index (χ3v) is 1.18. The largest absolute Gasteiger partial charge is 0.446 e. The van der Waals surface area contributed by atoms with Gasteiger partial charge in [0.1, 0.15) is 11.5 Å². The maximum Gasteiger partial charge on any atom is 0.199 e. The van der Waals surface area contributed by atoms with E-state index in [0.717, 1.165) is 0 Å². The summed E-state index contributed by atoms with van der Waals surface area (Å²) in [6, 6.07) is 0. The van der Waals surface area contributed by atoms with Crippen molar-refractivity contribution in [3.05, 3.63) is 17.3 Å². The summed E-state index contributed by atoms with van der Waals surface area (Å²) in [7, 11) is 0. The highest BCUT2D eigenvalue weighted by Gasteiger charge is 2.12. The second-order valence-electron chi connectivity index (χ2n) is 2.05. The predicted molar refractivity (Wildman–Crippen MR) is 33.2 cm³/mol. The molecule has 1 aromatic heterocycles. The first kappa shape index (κ1) is 7.24. The van der Waals surface area contributed by atoms with E-state index in [1.54, 1.807) is 13.8 Å². The summed E-state index contributed by atoms with van der Waals surface area (Å²) in [4.78, 5) is 3.74. The lowest BCUT2D eigenvalue weighted by Gasteiger charge is -1.95. The molecule has 0 unspecified atom stereocenters. The first-order valence-corrected chi connectivity index (χ1v) is 2.91. The van der Waals surface area contributed by atoms with E-state index in [1.807, 2.05) is 0 Å². The highest BCUT2D eigenvalue weighted by Crippen LogP contribution is 2.14. The van der Waals surface area contributed by atoms with Crippen molar-refractivity contribution >= 4 is 0 Å². The molecule has 0 spiro atoms. The number of rotatable bonds is 1. The van der Waals surface area contributed by atoms with Crippen LogP contribution >= 0.6 is 0 Å². The van der Waals surface area contributed by atoms with E-state index < -0.39 is 6.29 Å². The Labute approximate surface area is 58.1 Å². The maximum atomic E-state index is 8.65. The number of hydrogen-bond donors (Lipinski definition) is 2. The van der Waals surface area contributed by atoms with Crippen LogP contribution in [0.3, 0.4) is 0 Å². The fourth-order valence-electron chi connectivity index (χ4n) is 0.785. The van der Waals surface area contributed by atoms with Gasteiger partial charge in [0.2, 0.25) is 0 Å². The molecule has 0 saturated heterocycles. The number of aryl methyl sites for hydroxylation is 2. The van der Waals surface area contributed by atoms with Crippen LogP contribution in [-0.2, 0) is 0 Å². The molecule has 0 bridgehead atoms. The molecule has 1 heterocycles. The van der Waals surface area contributed by atoms with E-state index in [-0.39, 0.29) is 5.69 Å². The lowest BCUT2D eigenvalue weighted by atomic mass is 10.3. The SMILES string of the molecule is Cc1nc(C(O)O)c(C)o1. The molecule has 0 fully saturated rings. The smallest absolute Gasteiger partial charge is 0.199 e. The Kier molecular flexibility index (Phi) is 1.74. The van der Waals surface area contributed by atoms with Crippen molar-refractivity contribution in [2.45, 2.75) is 20.1 Å². The molecular weight excluding hydrogens is 134 g/mol. The second kappa shape index (κ2) is 2.40. The van der Waals surface area contributed by atoms with Crippen molar-refractivity contribution in [3.8, 4) is 0 Å². The monoisotopic (exact) mass is 143 g/mol. The number of nitrogens with zero attached hydrogens (tertiary/aromatic N) is 1. The fraction of sp³-hybridized carbons (Fsp3) is 0.500. The Morgan fingerprint density at radius 3 is 2.20 bits per heavy atom. The van der Waals surface area contributed by atoms with E-state index >= 15 is 0 Å². The summed E-state index contributed by atoms with van der Waals surface area (Å²) in [6.45, 7) is 3.29. The average Bonchev–Trinajstić information content (AvgIpc) is 2.10. The zero-order valence-electron chi connectivity index (χ0n) is 5.83. The molecule has 0 atom stereocenters.